The van der Waals surface area contributed by atoms with Crippen LogP contribution in [0.15, 0.2) is 48.5 Å². The molecule has 7 N–H and O–H groups in total. The maximum atomic E-state index is 14.6. The lowest BCUT2D eigenvalue weighted by Crippen LogP contribution is -2.27. The van der Waals surface area contributed by atoms with Crippen LogP contribution in [-0.4, -0.2) is 29.4 Å². The van der Waals surface area contributed by atoms with E-state index in [1.54, 1.807) is 13.1 Å². The van der Waals surface area contributed by atoms with E-state index in [-0.39, 0.29) is 35.4 Å². The first-order chi connectivity index (χ1) is 14.8. The molecule has 0 saturated carbocycles. The minimum absolute atomic E-state index is 0.0441. The molecule has 1 heterocycles. The SMILES string of the molecule is CCN(C)C(=O)c1ccc(-c2cccc(COc3cc(N)nc(NN)c3N)c2)cc1F. The fraction of sp³-hybridized carbons (Fsp3) is 0.182. The first-order valence-electron chi connectivity index (χ1n) is 9.63. The average molecular weight is 424 g/mol. The molecule has 0 spiro atoms. The molecule has 162 valence electrons. The van der Waals surface area contributed by atoms with Gasteiger partial charge < -0.3 is 26.5 Å². The van der Waals surface area contributed by atoms with E-state index in [4.69, 9.17) is 22.0 Å². The summed E-state index contributed by atoms with van der Waals surface area (Å²) in [5, 5.41) is 0. The van der Waals surface area contributed by atoms with Crippen molar-refractivity contribution in [3.05, 3.63) is 65.5 Å². The molecule has 31 heavy (non-hydrogen) atoms. The third kappa shape index (κ3) is 4.84. The van der Waals surface area contributed by atoms with Gasteiger partial charge in [0.1, 0.15) is 29.7 Å². The number of pyridine rings is 1. The standard InChI is InChI=1S/C22H25FN6O2/c1-3-29(2)22(30)16-8-7-15(10-17(16)23)14-6-4-5-13(9-14)12-31-18-11-19(24)27-21(28-26)20(18)25/h4-11H,3,12,25-26H2,1-2H3,(H3,24,27,28). The lowest BCUT2D eigenvalue weighted by molar-refractivity contribution is 0.0798. The Hall–Kier alpha value is -3.85. The minimum Gasteiger partial charge on any atom is -0.486 e. The average Bonchev–Trinajstić information content (AvgIpc) is 2.78. The zero-order chi connectivity index (χ0) is 22.5. The fourth-order valence-corrected chi connectivity index (χ4v) is 3.00. The zero-order valence-electron chi connectivity index (χ0n) is 17.4. The van der Waals surface area contributed by atoms with Crippen LogP contribution in [0, 0.1) is 5.82 Å². The van der Waals surface area contributed by atoms with Crippen molar-refractivity contribution >= 4 is 23.2 Å². The van der Waals surface area contributed by atoms with E-state index in [9.17, 15) is 9.18 Å². The number of halogens is 1. The quantitative estimate of drug-likeness (QED) is 0.338. The summed E-state index contributed by atoms with van der Waals surface area (Å²) >= 11 is 0. The Labute approximate surface area is 179 Å². The van der Waals surface area contributed by atoms with E-state index >= 15 is 0 Å². The van der Waals surface area contributed by atoms with Gasteiger partial charge in [-0.3, -0.25) is 4.79 Å². The molecule has 0 aliphatic heterocycles. The number of aromatic nitrogens is 1. The maximum Gasteiger partial charge on any atom is 0.256 e. The Morgan fingerprint density at radius 2 is 1.90 bits per heavy atom. The summed E-state index contributed by atoms with van der Waals surface area (Å²) in [5.41, 5.74) is 16.7. The van der Waals surface area contributed by atoms with E-state index in [1.807, 2.05) is 31.2 Å². The molecule has 0 saturated heterocycles. The third-order valence-electron chi connectivity index (χ3n) is 4.85. The van der Waals surface area contributed by atoms with Crippen LogP contribution in [0.5, 0.6) is 5.75 Å². The van der Waals surface area contributed by atoms with Gasteiger partial charge in [0.2, 0.25) is 0 Å². The lowest BCUT2D eigenvalue weighted by atomic mass is 10.0. The van der Waals surface area contributed by atoms with E-state index in [0.29, 0.717) is 17.9 Å². The molecule has 1 amide bonds. The number of amides is 1. The molecule has 2 aromatic carbocycles. The first-order valence-corrected chi connectivity index (χ1v) is 9.63. The van der Waals surface area contributed by atoms with Gasteiger partial charge in [-0.2, -0.15) is 0 Å². The Kier molecular flexibility index (Phi) is 6.56. The molecule has 0 fully saturated rings. The zero-order valence-corrected chi connectivity index (χ0v) is 17.4. The summed E-state index contributed by atoms with van der Waals surface area (Å²) in [6.07, 6.45) is 0. The molecule has 0 atom stereocenters. The lowest BCUT2D eigenvalue weighted by Gasteiger charge is -2.15. The number of anilines is 3. The van der Waals surface area contributed by atoms with Crippen LogP contribution in [0.2, 0.25) is 0 Å². The van der Waals surface area contributed by atoms with E-state index in [1.165, 1.54) is 23.1 Å². The van der Waals surface area contributed by atoms with Crippen LogP contribution in [0.25, 0.3) is 11.1 Å². The highest BCUT2D eigenvalue weighted by Gasteiger charge is 2.16. The maximum absolute atomic E-state index is 14.6. The third-order valence-corrected chi connectivity index (χ3v) is 4.85. The van der Waals surface area contributed by atoms with Crippen molar-refractivity contribution < 1.29 is 13.9 Å². The molecule has 1 aromatic heterocycles. The largest absolute Gasteiger partial charge is 0.486 e. The number of hydrogen-bond donors (Lipinski definition) is 4. The summed E-state index contributed by atoms with van der Waals surface area (Å²) < 4.78 is 20.4. The minimum atomic E-state index is -0.564. The van der Waals surface area contributed by atoms with Gasteiger partial charge in [0.05, 0.1) is 5.56 Å². The number of nitrogen functional groups attached to an aromatic ring is 3. The number of rotatable bonds is 7. The van der Waals surface area contributed by atoms with Gasteiger partial charge in [-0.1, -0.05) is 24.3 Å². The summed E-state index contributed by atoms with van der Waals surface area (Å²) in [6.45, 7) is 2.53. The van der Waals surface area contributed by atoms with Crippen molar-refractivity contribution in [2.75, 3.05) is 30.5 Å². The van der Waals surface area contributed by atoms with Crippen molar-refractivity contribution in [3.63, 3.8) is 0 Å². The summed E-state index contributed by atoms with van der Waals surface area (Å²) in [7, 11) is 1.63. The van der Waals surface area contributed by atoms with Crippen molar-refractivity contribution in [2.24, 2.45) is 5.84 Å². The molecule has 9 heteroatoms. The molecular weight excluding hydrogens is 399 g/mol. The van der Waals surface area contributed by atoms with Crippen molar-refractivity contribution in [3.8, 4) is 16.9 Å². The predicted molar refractivity (Wildman–Crippen MR) is 120 cm³/mol. The summed E-state index contributed by atoms with van der Waals surface area (Å²) in [4.78, 5) is 17.7. The Morgan fingerprint density at radius 3 is 2.58 bits per heavy atom. The van der Waals surface area contributed by atoms with Gasteiger partial charge >= 0.3 is 0 Å². The molecule has 0 radical (unpaired) electrons. The highest BCUT2D eigenvalue weighted by atomic mass is 19.1. The molecular formula is C22H25FN6O2. The molecule has 0 aliphatic rings. The van der Waals surface area contributed by atoms with Crippen LogP contribution in [0.4, 0.5) is 21.7 Å². The highest BCUT2D eigenvalue weighted by molar-refractivity contribution is 5.94. The Morgan fingerprint density at radius 1 is 1.16 bits per heavy atom. The number of carbonyl (C=O) groups excluding carboxylic acids is 1. The van der Waals surface area contributed by atoms with Gasteiger partial charge in [0.15, 0.2) is 5.82 Å². The van der Waals surface area contributed by atoms with Crippen molar-refractivity contribution in [1.29, 1.82) is 0 Å². The summed E-state index contributed by atoms with van der Waals surface area (Å²) in [5.74, 6) is 5.26. The van der Waals surface area contributed by atoms with Gasteiger partial charge in [0.25, 0.3) is 5.91 Å². The molecule has 3 rings (SSSR count). The normalized spacial score (nSPS) is 10.6. The molecule has 0 bridgehead atoms. The second-order valence-electron chi connectivity index (χ2n) is 6.95. The van der Waals surface area contributed by atoms with Gasteiger partial charge in [-0.05, 0) is 41.8 Å². The Balaban J connectivity index is 1.80. The van der Waals surface area contributed by atoms with E-state index in [2.05, 4.69) is 10.4 Å². The van der Waals surface area contributed by atoms with Crippen LogP contribution < -0.4 is 27.5 Å². The molecule has 3 aromatic rings. The number of hydrogen-bond acceptors (Lipinski definition) is 7. The van der Waals surface area contributed by atoms with Gasteiger partial charge in [-0.15, -0.1) is 0 Å². The van der Waals surface area contributed by atoms with E-state index < -0.39 is 5.82 Å². The second kappa shape index (κ2) is 9.31. The highest BCUT2D eigenvalue weighted by Crippen LogP contribution is 2.30. The first kappa shape index (κ1) is 21.8. The van der Waals surface area contributed by atoms with Crippen LogP contribution in [0.1, 0.15) is 22.8 Å². The second-order valence-corrected chi connectivity index (χ2v) is 6.95. The topological polar surface area (TPSA) is 133 Å². The number of nitrogens with zero attached hydrogens (tertiary/aromatic N) is 2. The van der Waals surface area contributed by atoms with Crippen molar-refractivity contribution in [1.82, 2.24) is 9.88 Å². The monoisotopic (exact) mass is 424 g/mol. The molecule has 8 nitrogen and oxygen atoms in total. The van der Waals surface area contributed by atoms with Gasteiger partial charge in [-0.25, -0.2) is 15.2 Å². The molecule has 0 aliphatic carbocycles. The Bertz CT molecular complexity index is 1110. The smallest absolute Gasteiger partial charge is 0.256 e. The number of carbonyl (C=O) groups is 1. The number of nitrogens with two attached hydrogens (primary N) is 3. The molecule has 0 unspecified atom stereocenters. The number of hydrazine groups is 1. The fourth-order valence-electron chi connectivity index (χ4n) is 3.00. The van der Waals surface area contributed by atoms with Crippen LogP contribution >= 0.6 is 0 Å². The van der Waals surface area contributed by atoms with Crippen LogP contribution in [-0.2, 0) is 6.61 Å². The van der Waals surface area contributed by atoms with Crippen molar-refractivity contribution in [2.45, 2.75) is 13.5 Å². The number of ether oxygens (including phenoxy) is 1. The van der Waals surface area contributed by atoms with E-state index in [0.717, 1.165) is 11.1 Å². The predicted octanol–water partition coefficient (Wildman–Crippen LogP) is 3.01. The number of benzene rings is 2. The van der Waals surface area contributed by atoms with Crippen LogP contribution in [0.3, 0.4) is 0 Å². The number of nitrogens with one attached hydrogen (secondary N) is 1. The summed E-state index contributed by atoms with van der Waals surface area (Å²) in [6, 6.07) is 13.5. The van der Waals surface area contributed by atoms with Gasteiger partial charge in [0, 0.05) is 19.7 Å².